The van der Waals surface area contributed by atoms with Crippen molar-refractivity contribution >= 4 is 17.3 Å². The van der Waals surface area contributed by atoms with Gasteiger partial charge in [-0.25, -0.2) is 4.98 Å². The van der Waals surface area contributed by atoms with Crippen molar-refractivity contribution in [2.45, 2.75) is 19.9 Å². The minimum Gasteiger partial charge on any atom is -0.398 e. The second kappa shape index (κ2) is 4.91. The second-order valence-corrected chi connectivity index (χ2v) is 4.19. The molecule has 2 aromatic rings. The van der Waals surface area contributed by atoms with Gasteiger partial charge in [0.1, 0.15) is 6.04 Å². The van der Waals surface area contributed by atoms with Gasteiger partial charge >= 0.3 is 0 Å². The number of hydrogen-bond acceptors (Lipinski definition) is 3. The molecular weight excluding hydrogens is 228 g/mol. The number of benzene rings is 1. The van der Waals surface area contributed by atoms with Gasteiger partial charge in [-0.2, -0.15) is 0 Å². The molecule has 0 fully saturated rings. The first kappa shape index (κ1) is 12.2. The first-order valence-corrected chi connectivity index (χ1v) is 5.73. The number of imidazole rings is 1. The number of anilines is 2. The Kier molecular flexibility index (Phi) is 3.32. The van der Waals surface area contributed by atoms with Crippen molar-refractivity contribution in [3.63, 3.8) is 0 Å². The van der Waals surface area contributed by atoms with Crippen molar-refractivity contribution in [2.75, 3.05) is 11.1 Å². The first-order valence-electron chi connectivity index (χ1n) is 5.73. The van der Waals surface area contributed by atoms with E-state index in [-0.39, 0.29) is 11.9 Å². The number of hydrogen-bond donors (Lipinski definition) is 2. The number of nitrogen functional groups attached to an aromatic ring is 1. The van der Waals surface area contributed by atoms with Gasteiger partial charge in [-0.1, -0.05) is 6.07 Å². The van der Waals surface area contributed by atoms with E-state index in [1.54, 1.807) is 23.3 Å². The first-order chi connectivity index (χ1) is 8.59. The maximum Gasteiger partial charge on any atom is 0.247 e. The lowest BCUT2D eigenvalue weighted by Gasteiger charge is -2.15. The number of carbonyl (C=O) groups excluding carboxylic acids is 1. The average Bonchev–Trinajstić information content (AvgIpc) is 2.87. The Bertz CT molecular complexity index is 548. The average molecular weight is 244 g/mol. The molecule has 1 unspecified atom stereocenters. The summed E-state index contributed by atoms with van der Waals surface area (Å²) < 4.78 is 1.75. The zero-order valence-corrected chi connectivity index (χ0v) is 10.4. The van der Waals surface area contributed by atoms with Gasteiger partial charge < -0.3 is 15.6 Å². The Morgan fingerprint density at radius 2 is 2.28 bits per heavy atom. The molecule has 1 aromatic carbocycles. The highest BCUT2D eigenvalue weighted by Gasteiger charge is 2.15. The zero-order valence-electron chi connectivity index (χ0n) is 10.4. The number of nitrogens with one attached hydrogen (secondary N) is 1. The van der Waals surface area contributed by atoms with Crippen LogP contribution in [0.25, 0.3) is 0 Å². The Hall–Kier alpha value is -2.30. The third kappa shape index (κ3) is 2.34. The van der Waals surface area contributed by atoms with Crippen LogP contribution < -0.4 is 11.1 Å². The molecule has 0 aliphatic heterocycles. The highest BCUT2D eigenvalue weighted by Crippen LogP contribution is 2.21. The number of aromatic nitrogens is 2. The molecule has 2 rings (SSSR count). The minimum absolute atomic E-state index is 0.0956. The lowest BCUT2D eigenvalue weighted by molar-refractivity contribution is -0.118. The Morgan fingerprint density at radius 3 is 2.94 bits per heavy atom. The minimum atomic E-state index is -0.312. The summed E-state index contributed by atoms with van der Waals surface area (Å²) in [4.78, 5) is 16.0. The highest BCUT2D eigenvalue weighted by molar-refractivity contribution is 5.94. The maximum atomic E-state index is 12.1. The monoisotopic (exact) mass is 244 g/mol. The molecule has 18 heavy (non-hydrogen) atoms. The van der Waals surface area contributed by atoms with Gasteiger partial charge in [-0.05, 0) is 31.5 Å². The van der Waals surface area contributed by atoms with Crippen LogP contribution in [0.2, 0.25) is 0 Å². The standard InChI is InChI=1S/C13H16N4O/c1-9-11(14)4-3-5-12(9)16-13(18)10(2)17-7-6-15-8-17/h3-8,10H,14H2,1-2H3,(H,16,18). The molecule has 0 bridgehead atoms. The van der Waals surface area contributed by atoms with E-state index in [0.717, 1.165) is 11.3 Å². The topological polar surface area (TPSA) is 72.9 Å². The molecule has 1 aromatic heterocycles. The predicted octanol–water partition coefficient (Wildman–Crippen LogP) is 1.97. The van der Waals surface area contributed by atoms with Gasteiger partial charge in [-0.3, -0.25) is 4.79 Å². The molecule has 0 spiro atoms. The van der Waals surface area contributed by atoms with Crippen LogP contribution in [0.15, 0.2) is 36.9 Å². The fourth-order valence-electron chi connectivity index (χ4n) is 1.66. The predicted molar refractivity (Wildman–Crippen MR) is 71.2 cm³/mol. The van der Waals surface area contributed by atoms with E-state index in [1.165, 1.54) is 0 Å². The smallest absolute Gasteiger partial charge is 0.247 e. The summed E-state index contributed by atoms with van der Waals surface area (Å²) in [6, 6.07) is 5.15. The summed E-state index contributed by atoms with van der Waals surface area (Å²) in [6.07, 6.45) is 5.03. The molecular formula is C13H16N4O. The molecule has 1 heterocycles. The maximum absolute atomic E-state index is 12.1. The van der Waals surface area contributed by atoms with Crippen molar-refractivity contribution in [1.29, 1.82) is 0 Å². The molecule has 3 N–H and O–H groups in total. The quantitative estimate of drug-likeness (QED) is 0.811. The number of rotatable bonds is 3. The van der Waals surface area contributed by atoms with Crippen LogP contribution in [0.5, 0.6) is 0 Å². The van der Waals surface area contributed by atoms with E-state index >= 15 is 0 Å². The number of nitrogens with zero attached hydrogens (tertiary/aromatic N) is 2. The van der Waals surface area contributed by atoms with Crippen LogP contribution in [0, 0.1) is 6.92 Å². The molecule has 0 saturated carbocycles. The van der Waals surface area contributed by atoms with E-state index in [0.29, 0.717) is 5.69 Å². The van der Waals surface area contributed by atoms with Gasteiger partial charge in [0, 0.05) is 23.8 Å². The van der Waals surface area contributed by atoms with Crippen LogP contribution in [0.3, 0.4) is 0 Å². The Labute approximate surface area is 106 Å². The van der Waals surface area contributed by atoms with E-state index < -0.39 is 0 Å². The van der Waals surface area contributed by atoms with Crippen molar-refractivity contribution in [3.05, 3.63) is 42.5 Å². The fourth-order valence-corrected chi connectivity index (χ4v) is 1.66. The van der Waals surface area contributed by atoms with Crippen molar-refractivity contribution in [2.24, 2.45) is 0 Å². The summed E-state index contributed by atoms with van der Waals surface area (Å²) >= 11 is 0. The summed E-state index contributed by atoms with van der Waals surface area (Å²) in [5, 5.41) is 2.87. The van der Waals surface area contributed by atoms with Crippen LogP contribution in [0.1, 0.15) is 18.5 Å². The largest absolute Gasteiger partial charge is 0.398 e. The SMILES string of the molecule is Cc1c(N)cccc1NC(=O)C(C)n1ccnc1. The Morgan fingerprint density at radius 1 is 1.50 bits per heavy atom. The lowest BCUT2D eigenvalue weighted by Crippen LogP contribution is -2.23. The highest BCUT2D eigenvalue weighted by atomic mass is 16.2. The lowest BCUT2D eigenvalue weighted by atomic mass is 10.1. The number of nitrogens with two attached hydrogens (primary N) is 1. The third-order valence-electron chi connectivity index (χ3n) is 2.99. The van der Waals surface area contributed by atoms with Crippen molar-refractivity contribution < 1.29 is 4.79 Å². The molecule has 5 nitrogen and oxygen atoms in total. The van der Waals surface area contributed by atoms with Crippen molar-refractivity contribution in [3.8, 4) is 0 Å². The van der Waals surface area contributed by atoms with Crippen molar-refractivity contribution in [1.82, 2.24) is 9.55 Å². The Balaban J connectivity index is 2.14. The molecule has 94 valence electrons. The van der Waals surface area contributed by atoms with E-state index in [9.17, 15) is 4.79 Å². The molecule has 5 heteroatoms. The van der Waals surface area contributed by atoms with Crippen LogP contribution in [-0.2, 0) is 4.79 Å². The van der Waals surface area contributed by atoms with Crippen LogP contribution in [-0.4, -0.2) is 15.5 Å². The number of amides is 1. The van der Waals surface area contributed by atoms with Crippen LogP contribution >= 0.6 is 0 Å². The summed E-state index contributed by atoms with van der Waals surface area (Å²) in [6.45, 7) is 3.70. The zero-order chi connectivity index (χ0) is 13.1. The fraction of sp³-hybridized carbons (Fsp3) is 0.231. The number of carbonyl (C=O) groups is 1. The van der Waals surface area contributed by atoms with Gasteiger partial charge in [0.05, 0.1) is 6.33 Å². The molecule has 1 atom stereocenters. The molecule has 0 saturated heterocycles. The molecule has 0 aliphatic rings. The second-order valence-electron chi connectivity index (χ2n) is 4.19. The summed E-state index contributed by atoms with van der Waals surface area (Å²) in [5.41, 5.74) is 8.09. The molecule has 1 amide bonds. The summed E-state index contributed by atoms with van der Waals surface area (Å²) in [7, 11) is 0. The van der Waals surface area contributed by atoms with Gasteiger partial charge in [-0.15, -0.1) is 0 Å². The van der Waals surface area contributed by atoms with E-state index in [1.807, 2.05) is 32.0 Å². The van der Waals surface area contributed by atoms with Crippen LogP contribution in [0.4, 0.5) is 11.4 Å². The van der Waals surface area contributed by atoms with Gasteiger partial charge in [0.25, 0.3) is 0 Å². The van der Waals surface area contributed by atoms with E-state index in [2.05, 4.69) is 10.3 Å². The van der Waals surface area contributed by atoms with Gasteiger partial charge in [0.2, 0.25) is 5.91 Å². The normalized spacial score (nSPS) is 12.1. The van der Waals surface area contributed by atoms with Gasteiger partial charge in [0.15, 0.2) is 0 Å². The third-order valence-corrected chi connectivity index (χ3v) is 2.99. The van der Waals surface area contributed by atoms with E-state index in [4.69, 9.17) is 5.73 Å². The molecule has 0 aliphatic carbocycles. The molecule has 0 radical (unpaired) electrons. The summed E-state index contributed by atoms with van der Waals surface area (Å²) in [5.74, 6) is -0.0956.